The number of hydrogen-bond donors (Lipinski definition) is 0. The molecule has 1 rings (SSSR count). The largest absolute Gasteiger partial charge is 1.00 e. The molecule has 0 atom stereocenters. The van der Waals surface area contributed by atoms with E-state index in [1.54, 1.807) is 12.1 Å². The van der Waals surface area contributed by atoms with Gasteiger partial charge in [-0.25, -0.2) is 0 Å². The molecule has 0 heterocycles. The van der Waals surface area contributed by atoms with E-state index in [1.165, 1.54) is 0 Å². The first-order chi connectivity index (χ1) is 4.61. The minimum Gasteiger partial charge on any atom is -0.781 e. The minimum atomic E-state index is 0. The fraction of sp³-hybridized carbons (Fsp3) is 0. The first kappa shape index (κ1) is 26.6. The zero-order chi connectivity index (χ0) is 7.72. The van der Waals surface area contributed by atoms with Gasteiger partial charge in [-0.1, -0.05) is 0 Å². The van der Waals surface area contributed by atoms with Gasteiger partial charge in [-0.05, 0) is 0 Å². The van der Waals surface area contributed by atoms with Gasteiger partial charge in [-0.15, -0.1) is 12.1 Å². The number of rotatable bonds is 0. The minimum absolute atomic E-state index is 0. The van der Waals surface area contributed by atoms with Crippen molar-refractivity contribution in [2.24, 2.45) is 0 Å². The standard InChI is InChI=1S/C6H6S4.4Na/c7-3-1-4(8)6(10)2-5(3)9;;;;/h1-2,7-10H;;;;/q;4*+1/p-4. The third-order valence-corrected chi connectivity index (χ3v) is 2.62. The Bertz CT molecular complexity index is 218. The normalized spacial score (nSPS) is 6.86. The molecule has 0 saturated carbocycles. The van der Waals surface area contributed by atoms with Gasteiger partial charge in [0.15, 0.2) is 0 Å². The van der Waals surface area contributed by atoms with Crippen LogP contribution in [0.2, 0.25) is 0 Å². The second kappa shape index (κ2) is 13.5. The van der Waals surface area contributed by atoms with Gasteiger partial charge in [0.2, 0.25) is 0 Å². The topological polar surface area (TPSA) is 0 Å². The Morgan fingerprint density at radius 2 is 0.643 bits per heavy atom. The zero-order valence-corrected chi connectivity index (χ0v) is 20.1. The van der Waals surface area contributed by atoms with E-state index in [0.29, 0.717) is 19.6 Å². The van der Waals surface area contributed by atoms with Gasteiger partial charge >= 0.3 is 118 Å². The Labute approximate surface area is 196 Å². The van der Waals surface area contributed by atoms with Crippen molar-refractivity contribution >= 4 is 50.5 Å². The smallest absolute Gasteiger partial charge is 0.781 e. The van der Waals surface area contributed by atoms with Gasteiger partial charge in [-0.3, -0.25) is 0 Å². The molecule has 0 aliphatic carbocycles. The second-order valence-corrected chi connectivity index (χ2v) is 3.50. The maximum atomic E-state index is 4.88. The van der Waals surface area contributed by atoms with Gasteiger partial charge in [0.25, 0.3) is 0 Å². The van der Waals surface area contributed by atoms with E-state index in [9.17, 15) is 0 Å². The molecule has 0 bridgehead atoms. The maximum absolute atomic E-state index is 4.88. The van der Waals surface area contributed by atoms with E-state index in [-0.39, 0.29) is 118 Å². The molecule has 0 aromatic heterocycles. The van der Waals surface area contributed by atoms with Crippen molar-refractivity contribution in [3.05, 3.63) is 12.1 Å². The molecule has 1 aromatic rings. The SMILES string of the molecule is [Na+].[Na+].[Na+].[Na+].[S-]c1cc([S-])c([S-])cc1[S-]. The molecule has 0 N–H and O–H groups in total. The molecule has 54 valence electrons. The average Bonchev–Trinajstić information content (AvgIpc) is 1.84. The molecule has 0 amide bonds. The number of hydrogen-bond acceptors (Lipinski definition) is 4. The summed E-state index contributed by atoms with van der Waals surface area (Å²) in [6.07, 6.45) is 0. The van der Waals surface area contributed by atoms with Crippen molar-refractivity contribution in [2.75, 3.05) is 0 Å². The van der Waals surface area contributed by atoms with Gasteiger partial charge in [0, 0.05) is 0 Å². The predicted molar refractivity (Wildman–Crippen MR) is 49.0 cm³/mol. The fourth-order valence-electron chi connectivity index (χ4n) is 0.523. The molecule has 0 radical (unpaired) electrons. The van der Waals surface area contributed by atoms with Crippen molar-refractivity contribution in [3.8, 4) is 0 Å². The van der Waals surface area contributed by atoms with Crippen molar-refractivity contribution in [3.63, 3.8) is 0 Å². The van der Waals surface area contributed by atoms with Crippen LogP contribution in [0.3, 0.4) is 0 Å². The van der Waals surface area contributed by atoms with Gasteiger partial charge in [-0.2, -0.15) is 19.6 Å². The van der Waals surface area contributed by atoms with Gasteiger partial charge in [0.05, 0.1) is 0 Å². The van der Waals surface area contributed by atoms with Crippen LogP contribution in [-0.4, -0.2) is 0 Å². The van der Waals surface area contributed by atoms with Crippen molar-refractivity contribution < 1.29 is 118 Å². The summed E-state index contributed by atoms with van der Waals surface area (Å²) < 4.78 is 0. The summed E-state index contributed by atoms with van der Waals surface area (Å²) in [5.41, 5.74) is 0. The first-order valence-electron chi connectivity index (χ1n) is 2.47. The summed E-state index contributed by atoms with van der Waals surface area (Å²) >= 11 is 19.5. The van der Waals surface area contributed by atoms with E-state index in [0.717, 1.165) is 0 Å². The van der Waals surface area contributed by atoms with Crippen molar-refractivity contribution in [1.29, 1.82) is 0 Å². The van der Waals surface area contributed by atoms with Crippen LogP contribution >= 0.6 is 0 Å². The van der Waals surface area contributed by atoms with Crippen LogP contribution in [0.25, 0.3) is 0 Å². The molecule has 14 heavy (non-hydrogen) atoms. The second-order valence-electron chi connectivity index (χ2n) is 1.75. The van der Waals surface area contributed by atoms with E-state index in [2.05, 4.69) is 0 Å². The van der Waals surface area contributed by atoms with Crippen LogP contribution in [0.1, 0.15) is 0 Å². The van der Waals surface area contributed by atoms with Crippen LogP contribution in [0, 0.1) is 0 Å². The van der Waals surface area contributed by atoms with E-state index >= 15 is 0 Å². The Balaban J connectivity index is -0.000000125. The van der Waals surface area contributed by atoms with Crippen LogP contribution in [0.5, 0.6) is 0 Å². The molecule has 0 aliphatic rings. The van der Waals surface area contributed by atoms with Crippen LogP contribution in [-0.2, 0) is 50.5 Å². The van der Waals surface area contributed by atoms with Crippen LogP contribution in [0.15, 0.2) is 31.7 Å². The summed E-state index contributed by atoms with van der Waals surface area (Å²) in [4.78, 5) is 2.48. The Hall–Kier alpha value is 4.10. The molecule has 0 saturated heterocycles. The fourth-order valence-corrected chi connectivity index (χ4v) is 1.38. The predicted octanol–water partition coefficient (Wildman–Crippen LogP) is -10.7. The Kier molecular flexibility index (Phi) is 25.7. The molecule has 0 nitrogen and oxygen atoms in total. The van der Waals surface area contributed by atoms with Crippen molar-refractivity contribution in [1.82, 2.24) is 0 Å². The molecule has 0 fully saturated rings. The summed E-state index contributed by atoms with van der Waals surface area (Å²) in [5, 5.41) is 0. The zero-order valence-electron chi connectivity index (χ0n) is 8.79. The third-order valence-electron chi connectivity index (χ3n) is 1.01. The van der Waals surface area contributed by atoms with E-state index in [4.69, 9.17) is 50.5 Å². The monoisotopic (exact) mass is 294 g/mol. The molecule has 0 aliphatic heterocycles. The molecule has 8 heteroatoms. The first-order valence-corrected chi connectivity index (χ1v) is 4.10. The maximum Gasteiger partial charge on any atom is 1.00 e. The molecule has 0 spiro atoms. The summed E-state index contributed by atoms with van der Waals surface area (Å²) in [7, 11) is 0. The van der Waals surface area contributed by atoms with Crippen LogP contribution < -0.4 is 118 Å². The van der Waals surface area contributed by atoms with E-state index < -0.39 is 0 Å². The van der Waals surface area contributed by atoms with Crippen LogP contribution in [0.4, 0.5) is 0 Å². The Morgan fingerprint density at radius 3 is 0.786 bits per heavy atom. The van der Waals surface area contributed by atoms with Gasteiger partial charge in [0.1, 0.15) is 0 Å². The Morgan fingerprint density at radius 1 is 0.500 bits per heavy atom. The molecule has 1 aromatic carbocycles. The summed E-state index contributed by atoms with van der Waals surface area (Å²) in [5.74, 6) is 0. The summed E-state index contributed by atoms with van der Waals surface area (Å²) in [6.45, 7) is 0. The quantitative estimate of drug-likeness (QED) is 0.344. The summed E-state index contributed by atoms with van der Waals surface area (Å²) in [6, 6.07) is 3.32. The van der Waals surface area contributed by atoms with Gasteiger partial charge < -0.3 is 50.5 Å². The number of benzene rings is 1. The third kappa shape index (κ3) is 9.09. The molecular weight excluding hydrogens is 292 g/mol. The van der Waals surface area contributed by atoms with E-state index in [1.807, 2.05) is 0 Å². The molecule has 0 unspecified atom stereocenters. The molecular formula is C6H2Na4S4. The average molecular weight is 294 g/mol. The van der Waals surface area contributed by atoms with Crippen molar-refractivity contribution in [2.45, 2.75) is 19.6 Å².